The molecule has 1 saturated carbocycles. The molecule has 1 aliphatic heterocycles. The lowest BCUT2D eigenvalue weighted by molar-refractivity contribution is 0.145. The second kappa shape index (κ2) is 5.53. The minimum atomic E-state index is -0.248. The number of nitrogens with one attached hydrogen (secondary N) is 1. The zero-order valence-electron chi connectivity index (χ0n) is 9.95. The molecule has 0 radical (unpaired) electrons. The summed E-state index contributed by atoms with van der Waals surface area (Å²) in [4.78, 5) is 13.2. The summed E-state index contributed by atoms with van der Waals surface area (Å²) in [6, 6.07) is 0.0802. The monoisotopic (exact) mass is 225 g/mol. The number of nitrogens with two attached hydrogens (primary N) is 1. The van der Waals surface area contributed by atoms with E-state index in [4.69, 9.17) is 5.73 Å². The van der Waals surface area contributed by atoms with E-state index in [9.17, 15) is 4.79 Å². The molecule has 0 spiro atoms. The second-order valence-electron chi connectivity index (χ2n) is 5.13. The summed E-state index contributed by atoms with van der Waals surface area (Å²) in [5.41, 5.74) is 5.42. The van der Waals surface area contributed by atoms with E-state index in [1.54, 1.807) is 0 Å². The topological polar surface area (TPSA) is 58.4 Å². The lowest BCUT2D eigenvalue weighted by Gasteiger charge is -2.37. The molecule has 0 aromatic heterocycles. The van der Waals surface area contributed by atoms with Gasteiger partial charge in [0.15, 0.2) is 0 Å². The highest BCUT2D eigenvalue weighted by Crippen LogP contribution is 2.28. The van der Waals surface area contributed by atoms with E-state index in [0.29, 0.717) is 6.04 Å². The van der Waals surface area contributed by atoms with Crippen molar-refractivity contribution in [3.63, 3.8) is 0 Å². The Morgan fingerprint density at radius 3 is 2.75 bits per heavy atom. The van der Waals surface area contributed by atoms with Crippen molar-refractivity contribution in [3.8, 4) is 0 Å². The van der Waals surface area contributed by atoms with Crippen molar-refractivity contribution in [2.45, 2.75) is 44.6 Å². The van der Waals surface area contributed by atoms with Crippen LogP contribution in [0.25, 0.3) is 0 Å². The Bertz CT molecular complexity index is 238. The molecule has 2 rings (SSSR count). The minimum absolute atomic E-state index is 0.248. The quantitative estimate of drug-likeness (QED) is 0.744. The van der Waals surface area contributed by atoms with Gasteiger partial charge in [-0.05, 0) is 12.3 Å². The van der Waals surface area contributed by atoms with Crippen LogP contribution in [0.5, 0.6) is 0 Å². The maximum absolute atomic E-state index is 11.3. The number of urea groups is 1. The van der Waals surface area contributed by atoms with Gasteiger partial charge in [-0.25, -0.2) is 4.79 Å². The zero-order valence-corrected chi connectivity index (χ0v) is 9.95. The largest absolute Gasteiger partial charge is 0.351 e. The van der Waals surface area contributed by atoms with Crippen molar-refractivity contribution in [3.05, 3.63) is 0 Å². The van der Waals surface area contributed by atoms with E-state index in [-0.39, 0.29) is 6.03 Å². The number of rotatable bonds is 2. The van der Waals surface area contributed by atoms with Gasteiger partial charge in [0.2, 0.25) is 0 Å². The van der Waals surface area contributed by atoms with Crippen LogP contribution in [0.2, 0.25) is 0 Å². The van der Waals surface area contributed by atoms with Crippen molar-refractivity contribution in [2.24, 2.45) is 11.7 Å². The normalized spacial score (nSPS) is 28.0. The summed E-state index contributed by atoms with van der Waals surface area (Å²) >= 11 is 0. The number of nitrogens with zero attached hydrogens (tertiary/aromatic N) is 1. The molecule has 2 amide bonds. The fourth-order valence-electron chi connectivity index (χ4n) is 3.07. The first-order valence-corrected chi connectivity index (χ1v) is 6.54. The molecule has 2 fully saturated rings. The van der Waals surface area contributed by atoms with Gasteiger partial charge in [-0.2, -0.15) is 0 Å². The first kappa shape index (κ1) is 11.7. The summed E-state index contributed by atoms with van der Waals surface area (Å²) in [6.45, 7) is 2.57. The highest BCUT2D eigenvalue weighted by molar-refractivity contribution is 5.72. The standard InChI is InChI=1S/C12H23N3O/c13-12(16)15-7-6-14-9-11(15)8-10-4-2-1-3-5-10/h10-11,14H,1-9H2,(H2,13,16). The Balaban J connectivity index is 1.87. The Kier molecular flexibility index (Phi) is 4.04. The van der Waals surface area contributed by atoms with E-state index >= 15 is 0 Å². The molecule has 1 saturated heterocycles. The van der Waals surface area contributed by atoms with Gasteiger partial charge in [0, 0.05) is 25.7 Å². The molecule has 0 aromatic carbocycles. The number of hydrogen-bond acceptors (Lipinski definition) is 2. The molecular formula is C12H23N3O. The summed E-state index contributed by atoms with van der Waals surface area (Å²) in [5, 5.41) is 3.36. The van der Waals surface area contributed by atoms with Crippen LogP contribution < -0.4 is 11.1 Å². The number of piperazine rings is 1. The Morgan fingerprint density at radius 1 is 1.31 bits per heavy atom. The average Bonchev–Trinajstić information content (AvgIpc) is 2.31. The van der Waals surface area contributed by atoms with Crippen molar-refractivity contribution in [1.82, 2.24) is 10.2 Å². The van der Waals surface area contributed by atoms with E-state index in [1.165, 1.54) is 32.1 Å². The third kappa shape index (κ3) is 2.88. The summed E-state index contributed by atoms with van der Waals surface area (Å²) in [5.74, 6) is 0.806. The third-order valence-corrected chi connectivity index (χ3v) is 3.96. The number of hydrogen-bond donors (Lipinski definition) is 2. The summed E-state index contributed by atoms with van der Waals surface area (Å²) in [6.07, 6.45) is 7.92. The summed E-state index contributed by atoms with van der Waals surface area (Å²) < 4.78 is 0. The minimum Gasteiger partial charge on any atom is -0.351 e. The number of carbonyl (C=O) groups is 1. The van der Waals surface area contributed by atoms with Gasteiger partial charge in [-0.3, -0.25) is 0 Å². The molecule has 1 atom stereocenters. The van der Waals surface area contributed by atoms with Crippen LogP contribution in [-0.4, -0.2) is 36.6 Å². The van der Waals surface area contributed by atoms with E-state index in [0.717, 1.165) is 32.0 Å². The molecule has 4 heteroatoms. The number of amides is 2. The number of carbonyl (C=O) groups excluding carboxylic acids is 1. The molecule has 1 heterocycles. The maximum Gasteiger partial charge on any atom is 0.315 e. The van der Waals surface area contributed by atoms with Crippen molar-refractivity contribution >= 4 is 6.03 Å². The van der Waals surface area contributed by atoms with Crippen LogP contribution in [0, 0.1) is 5.92 Å². The van der Waals surface area contributed by atoms with Gasteiger partial charge < -0.3 is 16.0 Å². The Morgan fingerprint density at radius 2 is 2.06 bits per heavy atom. The predicted molar refractivity (Wildman–Crippen MR) is 64.1 cm³/mol. The lowest BCUT2D eigenvalue weighted by atomic mass is 9.84. The zero-order chi connectivity index (χ0) is 11.4. The molecule has 0 aromatic rings. The van der Waals surface area contributed by atoms with Gasteiger partial charge in [-0.15, -0.1) is 0 Å². The van der Waals surface area contributed by atoms with Gasteiger partial charge in [0.05, 0.1) is 0 Å². The molecule has 92 valence electrons. The van der Waals surface area contributed by atoms with Crippen LogP contribution in [0.1, 0.15) is 38.5 Å². The van der Waals surface area contributed by atoms with Crippen molar-refractivity contribution in [2.75, 3.05) is 19.6 Å². The maximum atomic E-state index is 11.3. The molecule has 0 bridgehead atoms. The smallest absolute Gasteiger partial charge is 0.315 e. The molecule has 1 aliphatic carbocycles. The lowest BCUT2D eigenvalue weighted by Crippen LogP contribution is -2.55. The van der Waals surface area contributed by atoms with Crippen LogP contribution in [0.4, 0.5) is 4.79 Å². The van der Waals surface area contributed by atoms with Crippen molar-refractivity contribution in [1.29, 1.82) is 0 Å². The second-order valence-corrected chi connectivity index (χ2v) is 5.13. The average molecular weight is 225 g/mol. The van der Waals surface area contributed by atoms with Gasteiger partial charge in [-0.1, -0.05) is 32.1 Å². The molecule has 16 heavy (non-hydrogen) atoms. The predicted octanol–water partition coefficient (Wildman–Crippen LogP) is 1.31. The van der Waals surface area contributed by atoms with Crippen molar-refractivity contribution < 1.29 is 4.79 Å². The highest BCUT2D eigenvalue weighted by atomic mass is 16.2. The van der Waals surface area contributed by atoms with Crippen LogP contribution in [0.15, 0.2) is 0 Å². The number of primary amides is 1. The molecule has 1 unspecified atom stereocenters. The van der Waals surface area contributed by atoms with Gasteiger partial charge in [0.25, 0.3) is 0 Å². The fraction of sp³-hybridized carbons (Fsp3) is 0.917. The summed E-state index contributed by atoms with van der Waals surface area (Å²) in [7, 11) is 0. The fourth-order valence-corrected chi connectivity index (χ4v) is 3.07. The van der Waals surface area contributed by atoms with Crippen LogP contribution >= 0.6 is 0 Å². The highest BCUT2D eigenvalue weighted by Gasteiger charge is 2.27. The van der Waals surface area contributed by atoms with Gasteiger partial charge >= 0.3 is 6.03 Å². The molecular weight excluding hydrogens is 202 g/mol. The van der Waals surface area contributed by atoms with E-state index in [2.05, 4.69) is 5.32 Å². The Labute approximate surface area is 97.6 Å². The van der Waals surface area contributed by atoms with E-state index < -0.39 is 0 Å². The third-order valence-electron chi connectivity index (χ3n) is 3.96. The first-order chi connectivity index (χ1) is 7.77. The van der Waals surface area contributed by atoms with Crippen LogP contribution in [-0.2, 0) is 0 Å². The molecule has 4 nitrogen and oxygen atoms in total. The molecule has 2 aliphatic rings. The van der Waals surface area contributed by atoms with Gasteiger partial charge in [0.1, 0.15) is 0 Å². The first-order valence-electron chi connectivity index (χ1n) is 6.54. The van der Waals surface area contributed by atoms with Crippen LogP contribution in [0.3, 0.4) is 0 Å². The Hall–Kier alpha value is -0.770. The van der Waals surface area contributed by atoms with E-state index in [1.807, 2.05) is 4.90 Å². The molecule has 3 N–H and O–H groups in total. The SMILES string of the molecule is NC(=O)N1CCNCC1CC1CCCCC1.